The monoisotopic (exact) mass is 448 g/mol. The maximum absolute atomic E-state index is 12.9. The Kier molecular flexibility index (Phi) is 6.83. The number of amides is 1. The van der Waals surface area contributed by atoms with E-state index < -0.39 is 0 Å². The summed E-state index contributed by atoms with van der Waals surface area (Å²) in [5.41, 5.74) is 3.87. The highest BCUT2D eigenvalue weighted by Gasteiger charge is 2.20. The number of aromatic amines is 1. The van der Waals surface area contributed by atoms with Crippen molar-refractivity contribution in [1.29, 1.82) is 0 Å². The summed E-state index contributed by atoms with van der Waals surface area (Å²) >= 11 is 0. The molecule has 1 saturated carbocycles. The summed E-state index contributed by atoms with van der Waals surface area (Å²) in [5, 5.41) is 6.67. The van der Waals surface area contributed by atoms with Crippen LogP contribution in [0, 0.1) is 0 Å². The predicted molar refractivity (Wildman–Crippen MR) is 129 cm³/mol. The van der Waals surface area contributed by atoms with Gasteiger partial charge in [-0.1, -0.05) is 19.3 Å². The number of nitrogens with zero attached hydrogens (tertiary/aromatic N) is 3. The Morgan fingerprint density at radius 1 is 1.09 bits per heavy atom. The lowest BCUT2D eigenvalue weighted by atomic mass is 9.95. The minimum Gasteiger partial charge on any atom is -0.384 e. The van der Waals surface area contributed by atoms with Gasteiger partial charge in [0.1, 0.15) is 11.3 Å². The van der Waals surface area contributed by atoms with Crippen LogP contribution in [0.15, 0.2) is 36.5 Å². The molecule has 5 rings (SSSR count). The van der Waals surface area contributed by atoms with Crippen molar-refractivity contribution in [1.82, 2.24) is 25.2 Å². The van der Waals surface area contributed by atoms with E-state index in [0.29, 0.717) is 16.7 Å². The van der Waals surface area contributed by atoms with Gasteiger partial charge in [0.25, 0.3) is 5.91 Å². The van der Waals surface area contributed by atoms with E-state index in [9.17, 15) is 4.79 Å². The lowest BCUT2D eigenvalue weighted by molar-refractivity contribution is 0.0398. The molecule has 8 nitrogen and oxygen atoms in total. The predicted octanol–water partition coefficient (Wildman–Crippen LogP) is 3.43. The van der Waals surface area contributed by atoms with Gasteiger partial charge in [-0.05, 0) is 43.2 Å². The Labute approximate surface area is 194 Å². The first-order valence-corrected chi connectivity index (χ1v) is 12.1. The lowest BCUT2D eigenvalue weighted by Crippen LogP contribution is -2.38. The van der Waals surface area contributed by atoms with Crippen LogP contribution in [0.5, 0.6) is 0 Å². The summed E-state index contributed by atoms with van der Waals surface area (Å²) in [6, 6.07) is 10.2. The number of pyridine rings is 1. The van der Waals surface area contributed by atoms with Gasteiger partial charge in [-0.15, -0.1) is 0 Å². The summed E-state index contributed by atoms with van der Waals surface area (Å²) in [5.74, 6) is 0.655. The third kappa shape index (κ3) is 5.34. The summed E-state index contributed by atoms with van der Waals surface area (Å²) in [6.45, 7) is 5.55. The fraction of sp³-hybridized carbons (Fsp3) is 0.480. The molecular weight excluding hydrogens is 416 g/mol. The molecule has 3 N–H and O–H groups in total. The smallest absolute Gasteiger partial charge is 0.253 e. The number of hydrogen-bond donors (Lipinski definition) is 3. The van der Waals surface area contributed by atoms with Gasteiger partial charge in [0, 0.05) is 49.7 Å². The van der Waals surface area contributed by atoms with Crippen LogP contribution < -0.4 is 10.6 Å². The number of morpholine rings is 1. The quantitative estimate of drug-likeness (QED) is 0.513. The van der Waals surface area contributed by atoms with E-state index in [2.05, 4.69) is 37.6 Å². The number of carbonyl (C=O) groups is 1. The third-order valence-corrected chi connectivity index (χ3v) is 6.59. The molecule has 1 aliphatic carbocycles. The third-order valence-electron chi connectivity index (χ3n) is 6.59. The molecule has 0 spiro atoms. The van der Waals surface area contributed by atoms with E-state index in [1.807, 2.05) is 12.1 Å². The lowest BCUT2D eigenvalue weighted by Gasteiger charge is -2.26. The maximum atomic E-state index is 12.9. The van der Waals surface area contributed by atoms with Gasteiger partial charge >= 0.3 is 0 Å². The SMILES string of the molecule is O=C(NC1CCCCC1)c1ccnc2[nH]c(-c3ccc(NCCN4CCOCC4)cc3)nc12. The number of hydrogen-bond acceptors (Lipinski definition) is 6. The second-order valence-corrected chi connectivity index (χ2v) is 8.91. The van der Waals surface area contributed by atoms with Crippen LogP contribution >= 0.6 is 0 Å². The second kappa shape index (κ2) is 10.3. The summed E-state index contributed by atoms with van der Waals surface area (Å²) in [7, 11) is 0. The van der Waals surface area contributed by atoms with Crippen LogP contribution in [-0.4, -0.2) is 71.2 Å². The van der Waals surface area contributed by atoms with Crippen molar-refractivity contribution in [3.05, 3.63) is 42.1 Å². The molecule has 0 unspecified atom stereocenters. The number of fused-ring (bicyclic) bond motifs is 1. The number of aromatic nitrogens is 3. The van der Waals surface area contributed by atoms with Crippen LogP contribution in [0.2, 0.25) is 0 Å². The minimum absolute atomic E-state index is 0.0628. The highest BCUT2D eigenvalue weighted by atomic mass is 16.5. The highest BCUT2D eigenvalue weighted by Crippen LogP contribution is 2.24. The summed E-state index contributed by atoms with van der Waals surface area (Å²) in [6.07, 6.45) is 7.40. The zero-order valence-corrected chi connectivity index (χ0v) is 19.0. The molecule has 2 aliphatic rings. The first-order chi connectivity index (χ1) is 16.3. The summed E-state index contributed by atoms with van der Waals surface area (Å²) < 4.78 is 5.40. The van der Waals surface area contributed by atoms with Crippen molar-refractivity contribution in [3.63, 3.8) is 0 Å². The zero-order valence-electron chi connectivity index (χ0n) is 19.0. The van der Waals surface area contributed by atoms with E-state index in [-0.39, 0.29) is 11.9 Å². The van der Waals surface area contributed by atoms with Crippen molar-refractivity contribution in [2.24, 2.45) is 0 Å². The number of imidazole rings is 1. The molecular formula is C25H32N6O2. The van der Waals surface area contributed by atoms with Crippen LogP contribution in [0.4, 0.5) is 5.69 Å². The molecule has 174 valence electrons. The highest BCUT2D eigenvalue weighted by molar-refractivity contribution is 6.04. The topological polar surface area (TPSA) is 95.2 Å². The maximum Gasteiger partial charge on any atom is 0.253 e. The first-order valence-electron chi connectivity index (χ1n) is 12.1. The van der Waals surface area contributed by atoms with E-state index in [0.717, 1.165) is 69.3 Å². The van der Waals surface area contributed by atoms with Crippen LogP contribution in [0.25, 0.3) is 22.6 Å². The largest absolute Gasteiger partial charge is 0.384 e. The van der Waals surface area contributed by atoms with Crippen LogP contribution in [0.1, 0.15) is 42.5 Å². The van der Waals surface area contributed by atoms with Gasteiger partial charge in [-0.2, -0.15) is 0 Å². The number of anilines is 1. The van der Waals surface area contributed by atoms with E-state index in [4.69, 9.17) is 9.72 Å². The molecule has 1 amide bonds. The number of nitrogens with one attached hydrogen (secondary N) is 3. The van der Waals surface area contributed by atoms with E-state index >= 15 is 0 Å². The fourth-order valence-corrected chi connectivity index (χ4v) is 4.67. The van der Waals surface area contributed by atoms with Crippen molar-refractivity contribution < 1.29 is 9.53 Å². The summed E-state index contributed by atoms with van der Waals surface area (Å²) in [4.78, 5) is 27.7. The van der Waals surface area contributed by atoms with Gasteiger partial charge < -0.3 is 20.4 Å². The number of carbonyl (C=O) groups excluding carboxylic acids is 1. The van der Waals surface area contributed by atoms with E-state index in [1.165, 1.54) is 19.3 Å². The molecule has 8 heteroatoms. The van der Waals surface area contributed by atoms with Gasteiger partial charge in [-0.25, -0.2) is 9.97 Å². The molecule has 3 heterocycles. The molecule has 3 aromatic rings. The Balaban J connectivity index is 1.24. The molecule has 0 atom stereocenters. The van der Waals surface area contributed by atoms with Crippen molar-refractivity contribution >= 4 is 22.8 Å². The minimum atomic E-state index is -0.0628. The fourth-order valence-electron chi connectivity index (χ4n) is 4.67. The van der Waals surface area contributed by atoms with Gasteiger partial charge in [-0.3, -0.25) is 9.69 Å². The number of benzene rings is 1. The molecule has 1 saturated heterocycles. The van der Waals surface area contributed by atoms with Gasteiger partial charge in [0.2, 0.25) is 0 Å². The molecule has 1 aliphatic heterocycles. The molecule has 2 fully saturated rings. The number of ether oxygens (including phenoxy) is 1. The molecule has 33 heavy (non-hydrogen) atoms. The molecule has 0 radical (unpaired) electrons. The number of H-pyrrole nitrogens is 1. The van der Waals surface area contributed by atoms with Crippen LogP contribution in [-0.2, 0) is 4.74 Å². The first kappa shape index (κ1) is 21.9. The Morgan fingerprint density at radius 3 is 2.67 bits per heavy atom. The zero-order chi connectivity index (χ0) is 22.5. The van der Waals surface area contributed by atoms with Crippen molar-refractivity contribution in [2.45, 2.75) is 38.1 Å². The van der Waals surface area contributed by atoms with Gasteiger partial charge in [0.05, 0.1) is 18.8 Å². The van der Waals surface area contributed by atoms with E-state index in [1.54, 1.807) is 12.3 Å². The average molecular weight is 449 g/mol. The molecule has 1 aromatic carbocycles. The number of rotatable bonds is 7. The molecule has 2 aromatic heterocycles. The van der Waals surface area contributed by atoms with Gasteiger partial charge in [0.15, 0.2) is 5.65 Å². The Morgan fingerprint density at radius 2 is 1.88 bits per heavy atom. The Hall–Kier alpha value is -2.97. The second-order valence-electron chi connectivity index (χ2n) is 8.91. The standard InChI is InChI=1S/C25H32N6O2/c32-25(28-20-4-2-1-3-5-20)21-10-11-27-24-22(21)29-23(30-24)18-6-8-19(9-7-18)26-12-13-31-14-16-33-17-15-31/h6-11,20,26H,1-5,12-17H2,(H,28,32)(H,27,29,30). The Bertz CT molecular complexity index is 1070. The van der Waals surface area contributed by atoms with Crippen molar-refractivity contribution in [3.8, 4) is 11.4 Å². The van der Waals surface area contributed by atoms with Crippen LogP contribution in [0.3, 0.4) is 0 Å². The molecule has 0 bridgehead atoms. The average Bonchev–Trinajstić information content (AvgIpc) is 3.30. The van der Waals surface area contributed by atoms with Crippen molar-refractivity contribution in [2.75, 3.05) is 44.7 Å². The normalized spacial score (nSPS) is 17.8.